The smallest absolute Gasteiger partial charge is 0.345 e. The zero-order valence-electron chi connectivity index (χ0n) is 23.7. The van der Waals surface area contributed by atoms with Crippen molar-refractivity contribution in [3.63, 3.8) is 0 Å². The number of fused-ring (bicyclic) bond motifs is 1. The van der Waals surface area contributed by atoms with E-state index < -0.39 is 17.9 Å². The van der Waals surface area contributed by atoms with Crippen molar-refractivity contribution in [1.82, 2.24) is 19.9 Å². The van der Waals surface area contributed by atoms with Crippen LogP contribution in [0.2, 0.25) is 0 Å². The molecule has 0 radical (unpaired) electrons. The monoisotopic (exact) mass is 670 g/mol. The third kappa shape index (κ3) is 6.46. The molecular formula is C33H24BrFN4O6. The Hall–Kier alpha value is -5.36. The summed E-state index contributed by atoms with van der Waals surface area (Å²) in [6.45, 7) is 0.112. The number of rotatable bonds is 11. The number of carboxylic acids is 1. The highest BCUT2D eigenvalue weighted by atomic mass is 79.9. The lowest BCUT2D eigenvalue weighted by atomic mass is 10.1. The third-order valence-electron chi connectivity index (χ3n) is 6.85. The van der Waals surface area contributed by atoms with Gasteiger partial charge in [-0.3, -0.25) is 0 Å². The molecule has 0 bridgehead atoms. The van der Waals surface area contributed by atoms with Gasteiger partial charge in [0.25, 0.3) is 0 Å². The van der Waals surface area contributed by atoms with Crippen LogP contribution in [-0.4, -0.2) is 44.2 Å². The van der Waals surface area contributed by atoms with Crippen molar-refractivity contribution in [3.05, 3.63) is 113 Å². The lowest BCUT2D eigenvalue weighted by Crippen LogP contribution is -2.30. The number of furan rings is 1. The van der Waals surface area contributed by atoms with Crippen molar-refractivity contribution < 1.29 is 32.9 Å². The molecule has 0 fully saturated rings. The largest absolute Gasteiger partial charge is 0.496 e. The van der Waals surface area contributed by atoms with Gasteiger partial charge in [0.2, 0.25) is 17.7 Å². The number of hydrogen-bond donors (Lipinski definition) is 1. The first-order chi connectivity index (χ1) is 21.9. The summed E-state index contributed by atoms with van der Waals surface area (Å²) in [6, 6.07) is 22.0. The van der Waals surface area contributed by atoms with E-state index in [4.69, 9.17) is 18.6 Å². The van der Waals surface area contributed by atoms with Crippen LogP contribution in [-0.2, 0) is 17.8 Å². The van der Waals surface area contributed by atoms with E-state index in [2.05, 4.69) is 35.9 Å². The van der Waals surface area contributed by atoms with Crippen molar-refractivity contribution in [3.8, 4) is 40.1 Å². The van der Waals surface area contributed by atoms with Gasteiger partial charge in [-0.1, -0.05) is 30.3 Å². The molecule has 12 heteroatoms. The normalized spacial score (nSPS) is 11.7. The number of carbonyl (C=O) groups is 1. The molecule has 226 valence electrons. The van der Waals surface area contributed by atoms with E-state index in [-0.39, 0.29) is 24.6 Å². The molecule has 3 aromatic carbocycles. The first-order valence-electron chi connectivity index (χ1n) is 13.7. The summed E-state index contributed by atoms with van der Waals surface area (Å²) < 4.78 is 37.3. The fourth-order valence-corrected chi connectivity index (χ4v) is 5.31. The minimum atomic E-state index is -1.33. The Morgan fingerprint density at radius 3 is 2.51 bits per heavy atom. The number of benzene rings is 3. The van der Waals surface area contributed by atoms with Crippen LogP contribution in [0.4, 0.5) is 4.39 Å². The Morgan fingerprint density at radius 1 is 0.978 bits per heavy atom. The standard InChI is InChI=1S/C33H24BrFN4O6/c1-42-25-9-5-3-7-23(25)30-36-15-14-22(39-30)17-43-24-8-4-2-6-20(24)16-26(33(40)41)44-31-27-28(34)29(45-32(27)38-18-37-31)19-10-12-21(35)13-11-19/h2-15,18,26H,16-17H2,1H3,(H,40,41)/t26-/m1/s1. The van der Waals surface area contributed by atoms with E-state index in [1.54, 1.807) is 55.8 Å². The van der Waals surface area contributed by atoms with E-state index in [1.807, 2.05) is 24.3 Å². The molecule has 3 heterocycles. The van der Waals surface area contributed by atoms with Crippen LogP contribution in [0.25, 0.3) is 33.8 Å². The second-order valence-electron chi connectivity index (χ2n) is 9.73. The second-order valence-corrected chi connectivity index (χ2v) is 10.5. The SMILES string of the molecule is COc1ccccc1-c1nccc(COc2ccccc2C[C@@H](Oc2ncnc3oc(-c4ccc(F)cc4)c(Br)c23)C(=O)O)n1. The minimum Gasteiger partial charge on any atom is -0.496 e. The number of nitrogens with zero attached hydrogens (tertiary/aromatic N) is 4. The Balaban J connectivity index is 1.22. The second kappa shape index (κ2) is 13.1. The van der Waals surface area contributed by atoms with Gasteiger partial charge in [0.05, 0.1) is 22.8 Å². The molecule has 0 unspecified atom stereocenters. The summed E-state index contributed by atoms with van der Waals surface area (Å²) in [6.07, 6.45) is 1.50. The zero-order valence-corrected chi connectivity index (χ0v) is 25.3. The summed E-state index contributed by atoms with van der Waals surface area (Å²) >= 11 is 3.50. The quantitative estimate of drug-likeness (QED) is 0.155. The highest BCUT2D eigenvalue weighted by Gasteiger charge is 2.27. The predicted molar refractivity (Wildman–Crippen MR) is 165 cm³/mol. The number of carboxylic acid groups (broad SMARTS) is 1. The fraction of sp³-hybridized carbons (Fsp3) is 0.121. The van der Waals surface area contributed by atoms with Gasteiger partial charge in [0, 0.05) is 18.2 Å². The molecule has 6 rings (SSSR count). The topological polar surface area (TPSA) is 130 Å². The van der Waals surface area contributed by atoms with Gasteiger partial charge in [0.1, 0.15) is 35.6 Å². The molecule has 10 nitrogen and oxygen atoms in total. The molecular weight excluding hydrogens is 647 g/mol. The Labute approximate surface area is 264 Å². The first-order valence-corrected chi connectivity index (χ1v) is 14.4. The number of ether oxygens (including phenoxy) is 3. The number of aliphatic carboxylic acids is 1. The molecule has 45 heavy (non-hydrogen) atoms. The molecule has 0 spiro atoms. The van der Waals surface area contributed by atoms with Crippen molar-refractivity contribution in [2.75, 3.05) is 7.11 Å². The number of para-hydroxylation sites is 2. The highest BCUT2D eigenvalue weighted by molar-refractivity contribution is 9.10. The van der Waals surface area contributed by atoms with Crippen LogP contribution < -0.4 is 14.2 Å². The summed E-state index contributed by atoms with van der Waals surface area (Å²) in [5, 5.41) is 10.5. The summed E-state index contributed by atoms with van der Waals surface area (Å²) in [5.74, 6) is 0.408. The average Bonchev–Trinajstić information content (AvgIpc) is 3.41. The van der Waals surface area contributed by atoms with Crippen molar-refractivity contribution in [2.24, 2.45) is 0 Å². The number of methoxy groups -OCH3 is 1. The number of halogens is 2. The lowest BCUT2D eigenvalue weighted by Gasteiger charge is -2.17. The van der Waals surface area contributed by atoms with E-state index in [1.165, 1.54) is 18.5 Å². The van der Waals surface area contributed by atoms with Crippen LogP contribution in [0.3, 0.4) is 0 Å². The van der Waals surface area contributed by atoms with Crippen LogP contribution in [0, 0.1) is 5.82 Å². The highest BCUT2D eigenvalue weighted by Crippen LogP contribution is 2.41. The van der Waals surface area contributed by atoms with Gasteiger partial charge in [-0.15, -0.1) is 0 Å². The molecule has 1 N–H and O–H groups in total. The van der Waals surface area contributed by atoms with Gasteiger partial charge >= 0.3 is 5.97 Å². The van der Waals surface area contributed by atoms with E-state index in [0.717, 1.165) is 5.56 Å². The van der Waals surface area contributed by atoms with Crippen LogP contribution in [0.5, 0.6) is 17.4 Å². The maximum absolute atomic E-state index is 13.5. The molecule has 0 aliphatic carbocycles. The molecule has 6 aromatic rings. The lowest BCUT2D eigenvalue weighted by molar-refractivity contribution is -0.145. The van der Waals surface area contributed by atoms with E-state index in [9.17, 15) is 14.3 Å². The van der Waals surface area contributed by atoms with Crippen LogP contribution in [0.15, 0.2) is 100 Å². The summed E-state index contributed by atoms with van der Waals surface area (Å²) in [5.41, 5.74) is 2.74. The molecule has 0 aliphatic rings. The van der Waals surface area contributed by atoms with Gasteiger partial charge < -0.3 is 23.7 Å². The maximum Gasteiger partial charge on any atom is 0.345 e. The molecule has 0 saturated heterocycles. The fourth-order valence-electron chi connectivity index (χ4n) is 4.67. The average molecular weight is 671 g/mol. The van der Waals surface area contributed by atoms with Crippen LogP contribution >= 0.6 is 15.9 Å². The number of hydrogen-bond acceptors (Lipinski definition) is 9. The minimum absolute atomic E-state index is 0.0136. The van der Waals surface area contributed by atoms with Crippen molar-refractivity contribution in [2.45, 2.75) is 19.1 Å². The van der Waals surface area contributed by atoms with Gasteiger partial charge in [-0.2, -0.15) is 0 Å². The Bertz CT molecular complexity index is 1980. The van der Waals surface area contributed by atoms with Crippen LogP contribution in [0.1, 0.15) is 11.3 Å². The van der Waals surface area contributed by atoms with E-state index in [0.29, 0.717) is 49.8 Å². The van der Waals surface area contributed by atoms with E-state index >= 15 is 0 Å². The summed E-state index contributed by atoms with van der Waals surface area (Å²) in [7, 11) is 1.59. The van der Waals surface area contributed by atoms with Gasteiger partial charge in [-0.25, -0.2) is 29.1 Å². The first kappa shape index (κ1) is 29.7. The van der Waals surface area contributed by atoms with Crippen molar-refractivity contribution in [1.29, 1.82) is 0 Å². The molecule has 0 saturated carbocycles. The zero-order chi connectivity index (χ0) is 31.3. The Morgan fingerprint density at radius 2 is 1.73 bits per heavy atom. The number of aromatic nitrogens is 4. The Kier molecular flexibility index (Phi) is 8.65. The van der Waals surface area contributed by atoms with Gasteiger partial charge in [-0.05, 0) is 70.0 Å². The maximum atomic E-state index is 13.5. The molecule has 3 aromatic heterocycles. The molecule has 0 aliphatic heterocycles. The third-order valence-corrected chi connectivity index (χ3v) is 7.60. The molecule has 0 amide bonds. The predicted octanol–water partition coefficient (Wildman–Crippen LogP) is 6.91. The summed E-state index contributed by atoms with van der Waals surface area (Å²) in [4.78, 5) is 29.8. The molecule has 1 atom stereocenters. The van der Waals surface area contributed by atoms with Crippen molar-refractivity contribution >= 4 is 33.0 Å². The van der Waals surface area contributed by atoms with Gasteiger partial charge in [0.15, 0.2) is 11.6 Å².